The maximum atomic E-state index is 12.6. The number of nitrogen functional groups attached to an aromatic ring is 1. The first kappa shape index (κ1) is 35.1. The van der Waals surface area contributed by atoms with Crippen LogP contribution in [0.1, 0.15) is 29.2 Å². The number of hydrogen-bond acceptors (Lipinski definition) is 15. The maximum Gasteiger partial charge on any atom is 0.481 e. The number of carbonyl (C=O) groups is 1. The molecule has 2 aliphatic rings. The summed E-state index contributed by atoms with van der Waals surface area (Å²) in [7, 11) is -10.7. The number of phosphoric ester groups is 2. The van der Waals surface area contributed by atoms with E-state index in [0.717, 1.165) is 0 Å². The third-order valence-electron chi connectivity index (χ3n) is 7.78. The third-order valence-corrected chi connectivity index (χ3v) is 10.4. The van der Waals surface area contributed by atoms with E-state index in [1.165, 1.54) is 35.4 Å². The van der Waals surface area contributed by atoms with E-state index in [1.807, 2.05) is 6.07 Å². The molecule has 3 aromatic heterocycles. The van der Waals surface area contributed by atoms with Crippen LogP contribution < -0.4 is 16.0 Å². The minimum atomic E-state index is -5.35. The van der Waals surface area contributed by atoms with Gasteiger partial charge in [-0.25, -0.2) is 24.1 Å². The van der Waals surface area contributed by atoms with Crippen LogP contribution >= 0.6 is 15.6 Å². The van der Waals surface area contributed by atoms with E-state index in [9.17, 15) is 39.0 Å². The van der Waals surface area contributed by atoms with E-state index in [1.54, 1.807) is 28.8 Å². The number of aromatic nitrogens is 5. The van der Waals surface area contributed by atoms with Crippen molar-refractivity contribution in [3.05, 3.63) is 66.7 Å². The molecule has 0 saturated carbocycles. The zero-order valence-corrected chi connectivity index (χ0v) is 27.0. The summed E-state index contributed by atoms with van der Waals surface area (Å²) in [5, 5.41) is 31.6. The van der Waals surface area contributed by atoms with E-state index in [2.05, 4.69) is 19.3 Å². The van der Waals surface area contributed by atoms with Crippen LogP contribution in [0.15, 0.2) is 61.2 Å². The Morgan fingerprint density at radius 2 is 1.67 bits per heavy atom. The lowest BCUT2D eigenvalue weighted by molar-refractivity contribution is -0.765. The Bertz CT molecular complexity index is 1940. The number of amides is 1. The monoisotopic (exact) mass is 724 g/mol. The fourth-order valence-electron chi connectivity index (χ4n) is 5.44. The number of aliphatic hydroxyl groups is 3. The Morgan fingerprint density at radius 3 is 2.37 bits per heavy atom. The van der Waals surface area contributed by atoms with Gasteiger partial charge in [-0.05, 0) is 6.07 Å². The van der Waals surface area contributed by atoms with Gasteiger partial charge >= 0.3 is 15.6 Å². The van der Waals surface area contributed by atoms with Crippen molar-refractivity contribution in [1.82, 2.24) is 19.5 Å². The van der Waals surface area contributed by atoms with Gasteiger partial charge in [0.25, 0.3) is 12.1 Å². The van der Waals surface area contributed by atoms with Crippen molar-refractivity contribution in [2.24, 2.45) is 5.73 Å². The summed E-state index contributed by atoms with van der Waals surface area (Å²) in [6.07, 6.45) is -5.28. The molecular weight excluding hydrogens is 692 g/mol. The first-order valence-electron chi connectivity index (χ1n) is 14.6. The Balaban J connectivity index is 1.07. The molecule has 2 aliphatic heterocycles. The van der Waals surface area contributed by atoms with Crippen LogP contribution in [0.5, 0.6) is 0 Å². The fourth-order valence-corrected chi connectivity index (χ4v) is 7.53. The maximum absolute atomic E-state index is 12.6. The molecule has 20 nitrogen and oxygen atoms in total. The number of carbonyl (C=O) groups excluding carboxylic acids is 1. The smallest absolute Gasteiger partial charge is 0.390 e. The molecule has 0 aliphatic carbocycles. The number of rotatable bonds is 12. The van der Waals surface area contributed by atoms with Gasteiger partial charge in [0.2, 0.25) is 0 Å². The molecule has 6 rings (SSSR count). The van der Waals surface area contributed by atoms with Gasteiger partial charge in [-0.2, -0.15) is 8.88 Å². The average molecular weight is 725 g/mol. The van der Waals surface area contributed by atoms with Crippen LogP contribution in [0.2, 0.25) is 0 Å². The molecule has 2 saturated heterocycles. The number of imidazole rings is 1. The molecule has 5 heterocycles. The summed E-state index contributed by atoms with van der Waals surface area (Å²) in [6, 6.07) is 11.9. The summed E-state index contributed by atoms with van der Waals surface area (Å²) in [5.74, 6) is -0.230. The second-order valence-corrected chi connectivity index (χ2v) is 14.1. The van der Waals surface area contributed by atoms with E-state index in [0.29, 0.717) is 22.6 Å². The Hall–Kier alpha value is -3.75. The Labute approximate surface area is 276 Å². The summed E-state index contributed by atoms with van der Waals surface area (Å²) < 4.78 is 53.6. The standard InChI is InChI=1S/C27H31N7O13P2/c28-23-20-26(31-13-30-23)34(25(32-20)14-5-2-1-3-6-14)19-9-16(35)17(45-19)11-43-48(39,40)47-49(41,42)44-12-18-21(36)22(37)27(46-18)33-8-4-7-15(10-33)24(29)38/h1-8,10,13,16-19,21-22,27,35-37H,9,11-12H2,(H5-,28,29,30,31,38,39,40,41,42)/p+1/t16-,17+,18+,19+,21+,22+,27+/m0/s1. The van der Waals surface area contributed by atoms with Crippen molar-refractivity contribution in [2.45, 2.75) is 49.4 Å². The highest BCUT2D eigenvalue weighted by Gasteiger charge is 2.50. The average Bonchev–Trinajstić information content (AvgIpc) is 3.72. The molecule has 1 amide bonds. The molecule has 9 N–H and O–H groups in total. The molecular formula is C27H32N7O13P2+. The number of benzene rings is 1. The van der Waals surface area contributed by atoms with E-state index in [4.69, 9.17) is 30.0 Å². The molecule has 49 heavy (non-hydrogen) atoms. The van der Waals surface area contributed by atoms with Crippen LogP contribution in [0.25, 0.3) is 22.6 Å². The first-order valence-corrected chi connectivity index (χ1v) is 17.6. The third kappa shape index (κ3) is 7.56. The highest BCUT2D eigenvalue weighted by molar-refractivity contribution is 7.61. The number of nitrogens with zero attached hydrogens (tertiary/aromatic N) is 5. The van der Waals surface area contributed by atoms with Gasteiger partial charge in [0.1, 0.15) is 42.3 Å². The number of nitrogens with two attached hydrogens (primary N) is 2. The topological polar surface area (TPSA) is 298 Å². The largest absolute Gasteiger partial charge is 0.481 e. The minimum Gasteiger partial charge on any atom is -0.390 e. The molecule has 4 aromatic rings. The van der Waals surface area contributed by atoms with Gasteiger partial charge in [-0.3, -0.25) is 18.4 Å². The van der Waals surface area contributed by atoms with Crippen molar-refractivity contribution >= 4 is 38.5 Å². The number of aliphatic hydroxyl groups excluding tert-OH is 3. The summed E-state index contributed by atoms with van der Waals surface area (Å²) in [4.78, 5) is 44.7. The molecule has 262 valence electrons. The van der Waals surface area contributed by atoms with Gasteiger partial charge in [0.05, 0.1) is 19.3 Å². The number of hydrogen-bond donors (Lipinski definition) is 7. The van der Waals surface area contributed by atoms with Crippen molar-refractivity contribution in [3.63, 3.8) is 0 Å². The second kappa shape index (κ2) is 13.9. The van der Waals surface area contributed by atoms with E-state index < -0.39 is 77.7 Å². The van der Waals surface area contributed by atoms with Gasteiger partial charge in [0, 0.05) is 18.1 Å². The van der Waals surface area contributed by atoms with Gasteiger partial charge in [0.15, 0.2) is 35.5 Å². The predicted octanol–water partition coefficient (Wildman–Crippen LogP) is -0.320. The number of ether oxygens (including phenoxy) is 2. The van der Waals surface area contributed by atoms with E-state index in [-0.39, 0.29) is 17.8 Å². The normalized spacial score (nSPS) is 28.0. The van der Waals surface area contributed by atoms with Crippen molar-refractivity contribution in [2.75, 3.05) is 18.9 Å². The number of fused-ring (bicyclic) bond motifs is 1. The van der Waals surface area contributed by atoms with Gasteiger partial charge in [-0.1, -0.05) is 30.3 Å². The summed E-state index contributed by atoms with van der Waals surface area (Å²) in [5.41, 5.74) is 12.7. The second-order valence-electron chi connectivity index (χ2n) is 11.1. The fraction of sp³-hybridized carbons (Fsp3) is 0.370. The highest BCUT2D eigenvalue weighted by Crippen LogP contribution is 2.60. The van der Waals surface area contributed by atoms with Crippen LogP contribution in [0.3, 0.4) is 0 Å². The Kier molecular flexibility index (Phi) is 9.93. The van der Waals surface area contributed by atoms with Gasteiger partial charge < -0.3 is 46.0 Å². The molecule has 0 bridgehead atoms. The molecule has 0 radical (unpaired) electrons. The van der Waals surface area contributed by atoms with Crippen LogP contribution in [0.4, 0.5) is 5.82 Å². The van der Waals surface area contributed by atoms with Gasteiger partial charge in [-0.15, -0.1) is 0 Å². The zero-order valence-electron chi connectivity index (χ0n) is 25.2. The summed E-state index contributed by atoms with van der Waals surface area (Å²) >= 11 is 0. The molecule has 9 atom stereocenters. The van der Waals surface area contributed by atoms with Crippen LogP contribution in [-0.2, 0) is 32.0 Å². The number of primary amides is 1. The lowest BCUT2D eigenvalue weighted by Gasteiger charge is -2.21. The lowest BCUT2D eigenvalue weighted by atomic mass is 10.1. The quantitative estimate of drug-likeness (QED) is 0.0727. The molecule has 1 aromatic carbocycles. The number of phosphoric acid groups is 2. The summed E-state index contributed by atoms with van der Waals surface area (Å²) in [6.45, 7) is -1.63. The first-order chi connectivity index (χ1) is 23.2. The molecule has 2 unspecified atom stereocenters. The van der Waals surface area contributed by atoms with Crippen molar-refractivity contribution < 1.29 is 66.4 Å². The number of anilines is 1. The van der Waals surface area contributed by atoms with Crippen molar-refractivity contribution in [1.29, 1.82) is 0 Å². The zero-order chi connectivity index (χ0) is 35.1. The number of pyridine rings is 1. The SMILES string of the molecule is NC(=O)c1ccc[n+]([C@@H]2O[C@H](COP(=O)(O)OP(=O)(O)OC[C@H]3O[C@@H](n4c(-c5ccccc5)nc5c(N)ncnc54)C[C@@H]3O)[C@@H](O)[C@H]2O)c1. The molecule has 2 fully saturated rings. The predicted molar refractivity (Wildman–Crippen MR) is 163 cm³/mol. The Morgan fingerprint density at radius 1 is 0.980 bits per heavy atom. The van der Waals surface area contributed by atoms with Crippen LogP contribution in [0, 0.1) is 0 Å². The molecule has 22 heteroatoms. The van der Waals surface area contributed by atoms with Crippen molar-refractivity contribution in [3.8, 4) is 11.4 Å². The van der Waals surface area contributed by atoms with E-state index >= 15 is 0 Å². The van der Waals surface area contributed by atoms with Crippen LogP contribution in [-0.4, -0.2) is 94.3 Å². The molecule has 0 spiro atoms. The highest BCUT2D eigenvalue weighted by atomic mass is 31.3. The lowest BCUT2D eigenvalue weighted by Crippen LogP contribution is -2.46. The minimum absolute atomic E-state index is 0.0247.